The van der Waals surface area contributed by atoms with Crippen molar-refractivity contribution in [2.45, 2.75) is 6.92 Å². The zero-order chi connectivity index (χ0) is 10.7. The van der Waals surface area contributed by atoms with Gasteiger partial charge < -0.3 is 4.74 Å². The van der Waals surface area contributed by atoms with Crippen LogP contribution < -0.4 is 5.32 Å². The Morgan fingerprint density at radius 3 is 3.40 bits per heavy atom. The summed E-state index contributed by atoms with van der Waals surface area (Å²) >= 11 is 1.57. The first-order chi connectivity index (χ1) is 7.31. The molecule has 1 N–H and O–H groups in total. The summed E-state index contributed by atoms with van der Waals surface area (Å²) in [6, 6.07) is 0. The van der Waals surface area contributed by atoms with Crippen LogP contribution in [-0.2, 0) is 9.53 Å². The number of anilines is 1. The SMILES string of the molecule is CCOCC(=O)Nc1ncc2sccn12. The molecule has 0 saturated carbocycles. The molecule has 0 bridgehead atoms. The largest absolute Gasteiger partial charge is 0.372 e. The lowest BCUT2D eigenvalue weighted by Gasteiger charge is -2.02. The van der Waals surface area contributed by atoms with Gasteiger partial charge in [-0.1, -0.05) is 0 Å². The molecule has 80 valence electrons. The van der Waals surface area contributed by atoms with E-state index in [4.69, 9.17) is 4.74 Å². The fourth-order valence-corrected chi connectivity index (χ4v) is 1.88. The first-order valence-electron chi connectivity index (χ1n) is 4.59. The number of carbonyl (C=O) groups is 1. The minimum atomic E-state index is -0.185. The van der Waals surface area contributed by atoms with Crippen LogP contribution in [0, 0.1) is 0 Å². The molecule has 1 amide bonds. The van der Waals surface area contributed by atoms with E-state index in [-0.39, 0.29) is 12.5 Å². The Bertz CT molecular complexity index is 463. The molecule has 0 aliphatic rings. The standard InChI is InChI=1S/C9H11N3O2S/c1-2-14-6-7(13)11-9-10-5-8-12(9)3-4-15-8/h3-5H,2,6H2,1H3,(H,10,11,13). The summed E-state index contributed by atoms with van der Waals surface area (Å²) < 4.78 is 6.82. The van der Waals surface area contributed by atoms with Crippen LogP contribution in [0.25, 0.3) is 4.83 Å². The second-order valence-electron chi connectivity index (χ2n) is 2.88. The van der Waals surface area contributed by atoms with Crippen molar-refractivity contribution in [1.82, 2.24) is 9.38 Å². The van der Waals surface area contributed by atoms with Crippen molar-refractivity contribution in [1.29, 1.82) is 0 Å². The predicted molar refractivity (Wildman–Crippen MR) is 58.2 cm³/mol. The van der Waals surface area contributed by atoms with Crippen LogP contribution in [0.1, 0.15) is 6.92 Å². The highest BCUT2D eigenvalue weighted by Gasteiger charge is 2.07. The molecule has 0 aliphatic carbocycles. The van der Waals surface area contributed by atoms with Gasteiger partial charge >= 0.3 is 0 Å². The van der Waals surface area contributed by atoms with E-state index >= 15 is 0 Å². The summed E-state index contributed by atoms with van der Waals surface area (Å²) in [5.41, 5.74) is 0. The van der Waals surface area contributed by atoms with Crippen LogP contribution in [0.3, 0.4) is 0 Å². The Labute approximate surface area is 90.7 Å². The summed E-state index contributed by atoms with van der Waals surface area (Å²) in [7, 11) is 0. The van der Waals surface area contributed by atoms with Crippen LogP contribution in [0.15, 0.2) is 17.8 Å². The zero-order valence-corrected chi connectivity index (χ0v) is 9.08. The van der Waals surface area contributed by atoms with E-state index in [1.54, 1.807) is 17.5 Å². The average molecular weight is 225 g/mol. The number of hydrogen-bond acceptors (Lipinski definition) is 4. The molecular weight excluding hydrogens is 214 g/mol. The molecule has 0 spiro atoms. The molecule has 15 heavy (non-hydrogen) atoms. The zero-order valence-electron chi connectivity index (χ0n) is 8.27. The number of fused-ring (bicyclic) bond motifs is 1. The summed E-state index contributed by atoms with van der Waals surface area (Å²) in [5, 5.41) is 4.62. The van der Waals surface area contributed by atoms with Gasteiger partial charge in [0.25, 0.3) is 5.91 Å². The van der Waals surface area contributed by atoms with Crippen molar-refractivity contribution in [3.8, 4) is 0 Å². The highest BCUT2D eigenvalue weighted by Crippen LogP contribution is 2.16. The van der Waals surface area contributed by atoms with Gasteiger partial charge in [0, 0.05) is 18.2 Å². The van der Waals surface area contributed by atoms with Crippen molar-refractivity contribution in [2.24, 2.45) is 0 Å². The molecule has 2 rings (SSSR count). The predicted octanol–water partition coefficient (Wildman–Crippen LogP) is 1.37. The van der Waals surface area contributed by atoms with Gasteiger partial charge in [0.05, 0.1) is 6.20 Å². The molecule has 0 aliphatic heterocycles. The van der Waals surface area contributed by atoms with Gasteiger partial charge in [-0.3, -0.25) is 14.5 Å². The molecule has 2 aromatic heterocycles. The summed E-state index contributed by atoms with van der Waals surface area (Å²) in [4.78, 5) is 16.4. The molecular formula is C9H11N3O2S. The molecule has 2 heterocycles. The normalized spacial score (nSPS) is 10.7. The van der Waals surface area contributed by atoms with Crippen LogP contribution >= 0.6 is 11.3 Å². The van der Waals surface area contributed by atoms with Crippen molar-refractivity contribution in [3.63, 3.8) is 0 Å². The van der Waals surface area contributed by atoms with Crippen LogP contribution in [0.2, 0.25) is 0 Å². The molecule has 2 aromatic rings. The van der Waals surface area contributed by atoms with E-state index in [9.17, 15) is 4.79 Å². The average Bonchev–Trinajstić information content (AvgIpc) is 2.80. The molecule has 0 unspecified atom stereocenters. The number of ether oxygens (including phenoxy) is 1. The van der Waals surface area contributed by atoms with Crippen LogP contribution in [-0.4, -0.2) is 28.5 Å². The van der Waals surface area contributed by atoms with E-state index < -0.39 is 0 Å². The Kier molecular flexibility index (Phi) is 2.98. The number of hydrogen-bond donors (Lipinski definition) is 1. The van der Waals surface area contributed by atoms with Crippen molar-refractivity contribution >= 4 is 28.0 Å². The molecule has 6 heteroatoms. The topological polar surface area (TPSA) is 55.6 Å². The molecule has 0 fully saturated rings. The third-order valence-corrected chi connectivity index (χ3v) is 2.65. The first kappa shape index (κ1) is 10.1. The Balaban J connectivity index is 2.06. The van der Waals surface area contributed by atoms with Crippen LogP contribution in [0.4, 0.5) is 5.95 Å². The van der Waals surface area contributed by atoms with Crippen molar-refractivity contribution in [3.05, 3.63) is 17.8 Å². The number of nitrogens with one attached hydrogen (secondary N) is 1. The fraction of sp³-hybridized carbons (Fsp3) is 0.333. The molecule has 0 radical (unpaired) electrons. The van der Waals surface area contributed by atoms with Gasteiger partial charge in [-0.05, 0) is 6.92 Å². The number of amides is 1. The van der Waals surface area contributed by atoms with E-state index in [0.29, 0.717) is 12.6 Å². The number of aromatic nitrogens is 2. The van der Waals surface area contributed by atoms with Gasteiger partial charge in [-0.15, -0.1) is 11.3 Å². The second-order valence-corrected chi connectivity index (χ2v) is 3.80. The highest BCUT2D eigenvalue weighted by atomic mass is 32.1. The summed E-state index contributed by atoms with van der Waals surface area (Å²) in [5.74, 6) is 0.353. The Morgan fingerprint density at radius 1 is 1.73 bits per heavy atom. The van der Waals surface area contributed by atoms with Gasteiger partial charge in [-0.2, -0.15) is 0 Å². The monoisotopic (exact) mass is 225 g/mol. The number of thiazole rings is 1. The third-order valence-electron chi connectivity index (χ3n) is 1.85. The maximum absolute atomic E-state index is 11.3. The van der Waals surface area contributed by atoms with E-state index in [1.165, 1.54) is 0 Å². The summed E-state index contributed by atoms with van der Waals surface area (Å²) in [6.07, 6.45) is 3.59. The van der Waals surface area contributed by atoms with E-state index in [0.717, 1.165) is 4.83 Å². The third kappa shape index (κ3) is 2.16. The maximum Gasteiger partial charge on any atom is 0.252 e. The maximum atomic E-state index is 11.3. The molecule has 5 nitrogen and oxygen atoms in total. The molecule has 0 saturated heterocycles. The lowest BCUT2D eigenvalue weighted by atomic mass is 10.6. The molecule has 0 aromatic carbocycles. The van der Waals surface area contributed by atoms with Gasteiger partial charge in [-0.25, -0.2) is 4.98 Å². The lowest BCUT2D eigenvalue weighted by molar-refractivity contribution is -0.120. The van der Waals surface area contributed by atoms with Gasteiger partial charge in [0.2, 0.25) is 5.95 Å². The minimum absolute atomic E-state index is 0.0650. The number of nitrogens with zero attached hydrogens (tertiary/aromatic N) is 2. The quantitative estimate of drug-likeness (QED) is 0.855. The number of imidazole rings is 1. The van der Waals surface area contributed by atoms with E-state index in [1.807, 2.05) is 22.9 Å². The smallest absolute Gasteiger partial charge is 0.252 e. The molecule has 0 atom stereocenters. The van der Waals surface area contributed by atoms with Crippen molar-refractivity contribution < 1.29 is 9.53 Å². The highest BCUT2D eigenvalue weighted by molar-refractivity contribution is 7.15. The Morgan fingerprint density at radius 2 is 2.60 bits per heavy atom. The number of carbonyl (C=O) groups excluding carboxylic acids is 1. The van der Waals surface area contributed by atoms with Crippen molar-refractivity contribution in [2.75, 3.05) is 18.5 Å². The fourth-order valence-electron chi connectivity index (χ4n) is 1.19. The Hall–Kier alpha value is -1.40. The van der Waals surface area contributed by atoms with Crippen LogP contribution in [0.5, 0.6) is 0 Å². The summed E-state index contributed by atoms with van der Waals surface area (Å²) in [6.45, 7) is 2.44. The minimum Gasteiger partial charge on any atom is -0.372 e. The first-order valence-corrected chi connectivity index (χ1v) is 5.47. The van der Waals surface area contributed by atoms with Gasteiger partial charge in [0.15, 0.2) is 0 Å². The van der Waals surface area contributed by atoms with E-state index in [2.05, 4.69) is 10.3 Å². The lowest BCUT2D eigenvalue weighted by Crippen LogP contribution is -2.19. The second kappa shape index (κ2) is 4.41. The number of rotatable bonds is 4. The van der Waals surface area contributed by atoms with Gasteiger partial charge in [0.1, 0.15) is 11.4 Å².